The van der Waals surface area contributed by atoms with Gasteiger partial charge in [-0.15, -0.1) is 0 Å². The molecule has 0 aromatic heterocycles. The monoisotopic (exact) mass is 228 g/mol. The molecule has 4 N–H and O–H groups in total. The number of carbonyl (C=O) groups is 2. The Hall–Kier alpha value is -1.10. The summed E-state index contributed by atoms with van der Waals surface area (Å²) in [5, 5.41) is 11.7. The topological polar surface area (TPSA) is 92.4 Å². The second kappa shape index (κ2) is 4.82. The zero-order valence-electron chi connectivity index (χ0n) is 9.82. The maximum Gasteiger partial charge on any atom is 0.306 e. The van der Waals surface area contributed by atoms with Crippen molar-refractivity contribution >= 4 is 11.9 Å². The minimum atomic E-state index is -0.769. The smallest absolute Gasteiger partial charge is 0.306 e. The standard InChI is InChI=1S/C11H20N2O3/c1-11(2,6-12)10(16)13-8-4-3-7(5-8)9(14)15/h7-8H,3-6,12H2,1-2H3,(H,13,16)(H,14,15)/t7-,8+/m1/s1. The van der Waals surface area contributed by atoms with Crippen LogP contribution in [-0.4, -0.2) is 29.6 Å². The summed E-state index contributed by atoms with van der Waals surface area (Å²) in [6.45, 7) is 3.85. The third kappa shape index (κ3) is 2.95. The van der Waals surface area contributed by atoms with Gasteiger partial charge in [0.2, 0.25) is 5.91 Å². The number of amides is 1. The predicted molar refractivity (Wildman–Crippen MR) is 59.7 cm³/mol. The number of hydrogen-bond acceptors (Lipinski definition) is 3. The summed E-state index contributed by atoms with van der Waals surface area (Å²) in [6.07, 6.45) is 1.91. The van der Waals surface area contributed by atoms with E-state index in [0.717, 1.165) is 6.42 Å². The van der Waals surface area contributed by atoms with Gasteiger partial charge < -0.3 is 16.2 Å². The quantitative estimate of drug-likeness (QED) is 0.647. The first-order chi connectivity index (χ1) is 7.36. The third-order valence-electron chi connectivity index (χ3n) is 3.24. The molecule has 0 saturated heterocycles. The molecule has 1 rings (SSSR count). The van der Waals surface area contributed by atoms with Gasteiger partial charge in [0.1, 0.15) is 0 Å². The van der Waals surface area contributed by atoms with Crippen molar-refractivity contribution in [2.45, 2.75) is 39.2 Å². The van der Waals surface area contributed by atoms with E-state index >= 15 is 0 Å². The summed E-state index contributed by atoms with van der Waals surface area (Å²) in [4.78, 5) is 22.5. The van der Waals surface area contributed by atoms with Crippen molar-refractivity contribution in [2.75, 3.05) is 6.54 Å². The van der Waals surface area contributed by atoms with E-state index in [9.17, 15) is 9.59 Å². The van der Waals surface area contributed by atoms with Crippen LogP contribution in [0.5, 0.6) is 0 Å². The molecule has 1 fully saturated rings. The van der Waals surface area contributed by atoms with E-state index in [2.05, 4.69) is 5.32 Å². The van der Waals surface area contributed by atoms with Crippen LogP contribution in [0.4, 0.5) is 0 Å². The lowest BCUT2D eigenvalue weighted by Gasteiger charge is -2.24. The molecular formula is C11H20N2O3. The molecule has 1 aliphatic carbocycles. The van der Waals surface area contributed by atoms with Gasteiger partial charge in [-0.1, -0.05) is 0 Å². The summed E-state index contributed by atoms with van der Waals surface area (Å²) in [6, 6.07) is -0.0144. The molecule has 5 heteroatoms. The zero-order chi connectivity index (χ0) is 12.3. The van der Waals surface area contributed by atoms with Gasteiger partial charge in [-0.2, -0.15) is 0 Å². The van der Waals surface area contributed by atoms with E-state index in [0.29, 0.717) is 12.8 Å². The van der Waals surface area contributed by atoms with Gasteiger partial charge in [-0.3, -0.25) is 9.59 Å². The minimum absolute atomic E-state index is 0.0144. The molecule has 5 nitrogen and oxygen atoms in total. The van der Waals surface area contributed by atoms with Crippen molar-refractivity contribution in [3.63, 3.8) is 0 Å². The van der Waals surface area contributed by atoms with Crippen LogP contribution >= 0.6 is 0 Å². The highest BCUT2D eigenvalue weighted by molar-refractivity contribution is 5.82. The Labute approximate surface area is 95.4 Å². The van der Waals surface area contributed by atoms with Crippen LogP contribution in [0.25, 0.3) is 0 Å². The molecule has 0 aromatic rings. The van der Waals surface area contributed by atoms with E-state index in [1.165, 1.54) is 0 Å². The number of aliphatic carboxylic acids is 1. The van der Waals surface area contributed by atoms with E-state index in [1.807, 2.05) is 0 Å². The van der Waals surface area contributed by atoms with Crippen LogP contribution in [0.3, 0.4) is 0 Å². The van der Waals surface area contributed by atoms with Gasteiger partial charge in [0.25, 0.3) is 0 Å². The van der Waals surface area contributed by atoms with Gasteiger partial charge in [0, 0.05) is 12.6 Å². The number of carboxylic acid groups (broad SMARTS) is 1. The maximum atomic E-state index is 11.8. The Balaban J connectivity index is 2.46. The molecule has 1 saturated carbocycles. The normalized spacial score (nSPS) is 25.4. The van der Waals surface area contributed by atoms with Crippen LogP contribution in [0.15, 0.2) is 0 Å². The second-order valence-electron chi connectivity index (χ2n) is 5.11. The highest BCUT2D eigenvalue weighted by atomic mass is 16.4. The fourth-order valence-electron chi connectivity index (χ4n) is 1.81. The molecule has 1 amide bonds. The summed E-state index contributed by atoms with van der Waals surface area (Å²) in [5.74, 6) is -1.17. The molecule has 0 bridgehead atoms. The fourth-order valence-corrected chi connectivity index (χ4v) is 1.81. The van der Waals surface area contributed by atoms with E-state index < -0.39 is 11.4 Å². The Kier molecular flexibility index (Phi) is 3.91. The lowest BCUT2D eigenvalue weighted by atomic mass is 9.92. The van der Waals surface area contributed by atoms with Crippen molar-refractivity contribution in [3.8, 4) is 0 Å². The average Bonchev–Trinajstić information content (AvgIpc) is 2.66. The number of hydrogen-bond donors (Lipinski definition) is 3. The van der Waals surface area contributed by atoms with Crippen molar-refractivity contribution < 1.29 is 14.7 Å². The Morgan fingerprint density at radius 3 is 2.50 bits per heavy atom. The lowest BCUT2D eigenvalue weighted by molar-refractivity contribution is -0.141. The van der Waals surface area contributed by atoms with Gasteiger partial charge >= 0.3 is 5.97 Å². The maximum absolute atomic E-state index is 11.8. The first-order valence-electron chi connectivity index (χ1n) is 5.60. The lowest BCUT2D eigenvalue weighted by Crippen LogP contribution is -2.45. The van der Waals surface area contributed by atoms with Crippen molar-refractivity contribution in [1.29, 1.82) is 0 Å². The average molecular weight is 228 g/mol. The minimum Gasteiger partial charge on any atom is -0.481 e. The molecule has 0 heterocycles. The number of nitrogens with one attached hydrogen (secondary N) is 1. The van der Waals surface area contributed by atoms with E-state index in [4.69, 9.17) is 10.8 Å². The number of carboxylic acids is 1. The molecule has 0 spiro atoms. The largest absolute Gasteiger partial charge is 0.481 e. The summed E-state index contributed by atoms with van der Waals surface area (Å²) in [7, 11) is 0. The predicted octanol–water partition coefficient (Wildman–Crippen LogP) is 0.341. The van der Waals surface area contributed by atoms with Crippen LogP contribution in [0.2, 0.25) is 0 Å². The third-order valence-corrected chi connectivity index (χ3v) is 3.24. The van der Waals surface area contributed by atoms with Crippen molar-refractivity contribution in [1.82, 2.24) is 5.32 Å². The molecule has 0 radical (unpaired) electrons. The Morgan fingerprint density at radius 1 is 1.44 bits per heavy atom. The SMILES string of the molecule is CC(C)(CN)C(=O)N[C@H]1CC[C@@H](C(=O)O)C1. The Morgan fingerprint density at radius 2 is 2.06 bits per heavy atom. The highest BCUT2D eigenvalue weighted by Gasteiger charge is 2.33. The summed E-state index contributed by atoms with van der Waals surface area (Å²) >= 11 is 0. The second-order valence-corrected chi connectivity index (χ2v) is 5.11. The van der Waals surface area contributed by atoms with Crippen molar-refractivity contribution in [2.24, 2.45) is 17.1 Å². The van der Waals surface area contributed by atoms with Crippen LogP contribution in [-0.2, 0) is 9.59 Å². The van der Waals surface area contributed by atoms with Gasteiger partial charge in [-0.25, -0.2) is 0 Å². The number of rotatable bonds is 4. The molecule has 92 valence electrons. The molecular weight excluding hydrogens is 208 g/mol. The zero-order valence-corrected chi connectivity index (χ0v) is 9.82. The fraction of sp³-hybridized carbons (Fsp3) is 0.818. The summed E-state index contributed by atoms with van der Waals surface area (Å²) in [5.41, 5.74) is 4.92. The van der Waals surface area contributed by atoms with Crippen LogP contribution < -0.4 is 11.1 Å². The molecule has 0 aliphatic heterocycles. The van der Waals surface area contributed by atoms with Gasteiger partial charge in [-0.05, 0) is 33.1 Å². The van der Waals surface area contributed by atoms with Crippen LogP contribution in [0, 0.1) is 11.3 Å². The molecule has 0 unspecified atom stereocenters. The first-order valence-corrected chi connectivity index (χ1v) is 5.60. The van der Waals surface area contributed by atoms with Crippen molar-refractivity contribution in [3.05, 3.63) is 0 Å². The molecule has 2 atom stereocenters. The number of nitrogens with two attached hydrogens (primary N) is 1. The molecule has 0 aromatic carbocycles. The molecule has 16 heavy (non-hydrogen) atoms. The Bertz CT molecular complexity index is 289. The first kappa shape index (κ1) is 13.0. The van der Waals surface area contributed by atoms with Gasteiger partial charge in [0.15, 0.2) is 0 Å². The summed E-state index contributed by atoms with van der Waals surface area (Å²) < 4.78 is 0. The number of carbonyl (C=O) groups excluding carboxylic acids is 1. The van der Waals surface area contributed by atoms with Gasteiger partial charge in [0.05, 0.1) is 11.3 Å². The highest BCUT2D eigenvalue weighted by Crippen LogP contribution is 2.26. The van der Waals surface area contributed by atoms with E-state index in [1.54, 1.807) is 13.8 Å². The van der Waals surface area contributed by atoms with E-state index in [-0.39, 0.29) is 24.4 Å². The van der Waals surface area contributed by atoms with Crippen LogP contribution in [0.1, 0.15) is 33.1 Å². The molecule has 1 aliphatic rings.